The largest absolute Gasteiger partial charge is 0.378 e. The van der Waals surface area contributed by atoms with Crippen molar-refractivity contribution in [1.82, 2.24) is 4.90 Å². The molecule has 0 N–H and O–H groups in total. The van der Waals surface area contributed by atoms with Crippen LogP contribution < -0.4 is 0 Å². The number of morpholine rings is 1. The lowest BCUT2D eigenvalue weighted by Crippen LogP contribution is -2.38. The summed E-state index contributed by atoms with van der Waals surface area (Å²) in [5, 5.41) is 9.02. The molecule has 0 aliphatic carbocycles. The lowest BCUT2D eigenvalue weighted by atomic mass is 10.1. The molecular weight excluding hydrogens is 248 g/mol. The van der Waals surface area contributed by atoms with Crippen LogP contribution in [0.4, 0.5) is 4.79 Å². The van der Waals surface area contributed by atoms with Crippen LogP contribution >= 0.6 is 11.8 Å². The fourth-order valence-electron chi connectivity index (χ4n) is 1.73. The number of amides is 1. The second kappa shape index (κ2) is 6.43. The number of nitrogens with zero attached hydrogens (tertiary/aromatic N) is 2. The van der Waals surface area contributed by atoms with Crippen molar-refractivity contribution in [1.29, 1.82) is 5.26 Å². The Bertz CT molecular complexity index is 464. The zero-order chi connectivity index (χ0) is 12.8. The molecule has 0 radical (unpaired) electrons. The number of ether oxygens (including phenoxy) is 1. The van der Waals surface area contributed by atoms with Crippen molar-refractivity contribution in [3.8, 4) is 6.07 Å². The van der Waals surface area contributed by atoms with Crippen LogP contribution in [0.25, 0.3) is 0 Å². The molecule has 1 aromatic rings. The van der Waals surface area contributed by atoms with Crippen LogP contribution in [0.2, 0.25) is 0 Å². The number of thioether (sulfide) groups is 1. The SMILES string of the molecule is N#Cc1ccccc1CSC(=O)N1CCOCC1. The van der Waals surface area contributed by atoms with Gasteiger partial charge in [-0.25, -0.2) is 0 Å². The first-order valence-corrected chi connectivity index (χ1v) is 6.77. The molecule has 1 fully saturated rings. The molecule has 0 saturated carbocycles. The quantitative estimate of drug-likeness (QED) is 0.820. The van der Waals surface area contributed by atoms with Gasteiger partial charge in [0, 0.05) is 18.8 Å². The van der Waals surface area contributed by atoms with Gasteiger partial charge in [0.15, 0.2) is 0 Å². The maximum Gasteiger partial charge on any atom is 0.282 e. The zero-order valence-corrected chi connectivity index (χ0v) is 10.8. The second-order valence-electron chi connectivity index (χ2n) is 3.92. The molecule has 0 atom stereocenters. The first kappa shape index (κ1) is 12.9. The number of rotatable bonds is 2. The van der Waals surface area contributed by atoms with Gasteiger partial charge >= 0.3 is 0 Å². The van der Waals surface area contributed by atoms with E-state index < -0.39 is 0 Å². The third kappa shape index (κ3) is 3.25. The monoisotopic (exact) mass is 262 g/mol. The highest BCUT2D eigenvalue weighted by atomic mass is 32.2. The van der Waals surface area contributed by atoms with E-state index in [1.807, 2.05) is 18.2 Å². The van der Waals surface area contributed by atoms with Crippen LogP contribution in [-0.2, 0) is 10.5 Å². The van der Waals surface area contributed by atoms with Crippen LogP contribution in [0.15, 0.2) is 24.3 Å². The average Bonchev–Trinajstić information content (AvgIpc) is 2.46. The van der Waals surface area contributed by atoms with Gasteiger partial charge in [-0.1, -0.05) is 30.0 Å². The lowest BCUT2D eigenvalue weighted by molar-refractivity contribution is 0.0593. The predicted octanol–water partition coefficient (Wildman–Crippen LogP) is 2.24. The molecule has 1 aliphatic heterocycles. The van der Waals surface area contributed by atoms with Crippen molar-refractivity contribution >= 4 is 17.0 Å². The van der Waals surface area contributed by atoms with Gasteiger partial charge in [-0.3, -0.25) is 4.79 Å². The summed E-state index contributed by atoms with van der Waals surface area (Å²) in [6.45, 7) is 2.54. The minimum absolute atomic E-state index is 0.0612. The zero-order valence-electron chi connectivity index (χ0n) is 9.96. The van der Waals surface area contributed by atoms with E-state index in [0.717, 1.165) is 5.56 Å². The van der Waals surface area contributed by atoms with Crippen molar-refractivity contribution < 1.29 is 9.53 Å². The number of hydrogen-bond acceptors (Lipinski definition) is 4. The highest BCUT2D eigenvalue weighted by Crippen LogP contribution is 2.19. The first-order valence-electron chi connectivity index (χ1n) is 5.78. The molecule has 0 spiro atoms. The van der Waals surface area contributed by atoms with Gasteiger partial charge in [0.2, 0.25) is 0 Å². The Morgan fingerprint density at radius 2 is 2.11 bits per heavy atom. The molecule has 2 rings (SSSR count). The van der Waals surface area contributed by atoms with Gasteiger partial charge in [-0.05, 0) is 11.6 Å². The van der Waals surface area contributed by atoms with E-state index in [4.69, 9.17) is 10.00 Å². The topological polar surface area (TPSA) is 53.3 Å². The van der Waals surface area contributed by atoms with Gasteiger partial charge in [-0.15, -0.1) is 0 Å². The Morgan fingerprint density at radius 1 is 1.39 bits per heavy atom. The summed E-state index contributed by atoms with van der Waals surface area (Å²) in [7, 11) is 0. The van der Waals surface area contributed by atoms with Gasteiger partial charge in [0.25, 0.3) is 5.24 Å². The van der Waals surface area contributed by atoms with E-state index in [-0.39, 0.29) is 5.24 Å². The smallest absolute Gasteiger partial charge is 0.282 e. The highest BCUT2D eigenvalue weighted by Gasteiger charge is 2.17. The highest BCUT2D eigenvalue weighted by molar-refractivity contribution is 8.12. The lowest BCUT2D eigenvalue weighted by Gasteiger charge is -2.26. The fraction of sp³-hybridized carbons (Fsp3) is 0.385. The summed E-state index contributed by atoms with van der Waals surface area (Å²) in [4.78, 5) is 13.7. The standard InChI is InChI=1S/C13H14N2O2S/c14-9-11-3-1-2-4-12(11)10-18-13(16)15-5-7-17-8-6-15/h1-4H,5-8,10H2. The Balaban J connectivity index is 1.91. The van der Waals surface area contributed by atoms with Crippen molar-refractivity contribution in [3.05, 3.63) is 35.4 Å². The summed E-state index contributed by atoms with van der Waals surface area (Å²) in [6.07, 6.45) is 0. The fourth-order valence-corrected chi connectivity index (χ4v) is 2.63. The molecule has 1 aliphatic rings. The predicted molar refractivity (Wildman–Crippen MR) is 70.2 cm³/mol. The minimum atomic E-state index is 0.0612. The molecule has 1 heterocycles. The van der Waals surface area contributed by atoms with Crippen molar-refractivity contribution in [2.45, 2.75) is 5.75 Å². The summed E-state index contributed by atoms with van der Waals surface area (Å²) < 4.78 is 5.20. The molecule has 1 saturated heterocycles. The van der Waals surface area contributed by atoms with Crippen molar-refractivity contribution in [3.63, 3.8) is 0 Å². The van der Waals surface area contributed by atoms with E-state index in [2.05, 4.69) is 6.07 Å². The number of carbonyl (C=O) groups excluding carboxylic acids is 1. The van der Waals surface area contributed by atoms with Gasteiger partial charge in [-0.2, -0.15) is 5.26 Å². The maximum atomic E-state index is 11.9. The van der Waals surface area contributed by atoms with E-state index in [9.17, 15) is 4.79 Å². The number of nitriles is 1. The second-order valence-corrected chi connectivity index (χ2v) is 4.85. The summed E-state index contributed by atoms with van der Waals surface area (Å²) in [6, 6.07) is 9.52. The molecule has 0 bridgehead atoms. The normalized spacial score (nSPS) is 15.2. The van der Waals surface area contributed by atoms with Crippen LogP contribution in [0.5, 0.6) is 0 Å². The number of carbonyl (C=O) groups is 1. The molecule has 4 nitrogen and oxygen atoms in total. The molecule has 5 heteroatoms. The average molecular weight is 262 g/mol. The van der Waals surface area contributed by atoms with E-state index in [1.54, 1.807) is 11.0 Å². The summed E-state index contributed by atoms with van der Waals surface area (Å²) in [5.74, 6) is 0.542. The molecule has 1 aromatic carbocycles. The Morgan fingerprint density at radius 3 is 2.83 bits per heavy atom. The van der Waals surface area contributed by atoms with Crippen molar-refractivity contribution in [2.75, 3.05) is 26.3 Å². The Labute approximate surface area is 111 Å². The molecular formula is C13H14N2O2S. The summed E-state index contributed by atoms with van der Waals surface area (Å²) >= 11 is 1.25. The first-order chi connectivity index (χ1) is 8.81. The van der Waals surface area contributed by atoms with Gasteiger partial charge in [0.1, 0.15) is 0 Å². The van der Waals surface area contributed by atoms with E-state index in [0.29, 0.717) is 37.6 Å². The van der Waals surface area contributed by atoms with Crippen LogP contribution in [0.1, 0.15) is 11.1 Å². The molecule has 94 valence electrons. The Kier molecular flexibility index (Phi) is 4.62. The Hall–Kier alpha value is -1.51. The summed E-state index contributed by atoms with van der Waals surface area (Å²) in [5.41, 5.74) is 1.55. The van der Waals surface area contributed by atoms with Crippen LogP contribution in [-0.4, -0.2) is 36.4 Å². The van der Waals surface area contributed by atoms with Crippen LogP contribution in [0.3, 0.4) is 0 Å². The third-order valence-electron chi connectivity index (χ3n) is 2.76. The van der Waals surface area contributed by atoms with Crippen LogP contribution in [0, 0.1) is 11.3 Å². The van der Waals surface area contributed by atoms with E-state index in [1.165, 1.54) is 11.8 Å². The van der Waals surface area contributed by atoms with Gasteiger partial charge in [0.05, 0.1) is 24.8 Å². The molecule has 0 aromatic heterocycles. The maximum absolute atomic E-state index is 11.9. The van der Waals surface area contributed by atoms with Gasteiger partial charge < -0.3 is 9.64 Å². The third-order valence-corrected chi connectivity index (χ3v) is 3.72. The molecule has 18 heavy (non-hydrogen) atoms. The van der Waals surface area contributed by atoms with Crippen molar-refractivity contribution in [2.24, 2.45) is 0 Å². The molecule has 0 unspecified atom stereocenters. The van der Waals surface area contributed by atoms with E-state index >= 15 is 0 Å². The number of hydrogen-bond donors (Lipinski definition) is 0. The number of benzene rings is 1. The minimum Gasteiger partial charge on any atom is -0.378 e. The molecule has 1 amide bonds.